The van der Waals surface area contributed by atoms with Gasteiger partial charge in [-0.1, -0.05) is 12.1 Å². The zero-order valence-corrected chi connectivity index (χ0v) is 13.7. The van der Waals surface area contributed by atoms with Crippen molar-refractivity contribution in [2.75, 3.05) is 7.11 Å². The highest BCUT2D eigenvalue weighted by Crippen LogP contribution is 2.23. The fraction of sp³-hybridized carbons (Fsp3) is 0.471. The predicted molar refractivity (Wildman–Crippen MR) is 85.6 cm³/mol. The minimum Gasteiger partial charge on any atom is -0.377 e. The first-order valence-corrected chi connectivity index (χ1v) is 8.12. The lowest BCUT2D eigenvalue weighted by atomic mass is 10.1. The van der Waals surface area contributed by atoms with Crippen LogP contribution < -0.4 is 5.32 Å². The number of fused-ring (bicyclic) bond motifs is 1. The number of aromatic nitrogens is 3. The molecule has 1 aromatic carbocycles. The molecule has 0 aliphatic carbocycles. The Morgan fingerprint density at radius 2 is 2.21 bits per heavy atom. The Morgan fingerprint density at radius 3 is 2.96 bits per heavy atom. The van der Waals surface area contributed by atoms with Crippen molar-refractivity contribution in [3.8, 4) is 0 Å². The van der Waals surface area contributed by atoms with Gasteiger partial charge in [0, 0.05) is 20.1 Å². The van der Waals surface area contributed by atoms with Crippen LogP contribution in [0.2, 0.25) is 0 Å². The van der Waals surface area contributed by atoms with Gasteiger partial charge in [0.25, 0.3) is 0 Å². The molecule has 128 valence electrons. The first kappa shape index (κ1) is 16.6. The average molecular weight is 332 g/mol. The number of ether oxygens (including phenoxy) is 1. The van der Waals surface area contributed by atoms with Gasteiger partial charge < -0.3 is 10.1 Å². The molecular weight excluding hydrogens is 311 g/mol. The summed E-state index contributed by atoms with van der Waals surface area (Å²) in [4.78, 5) is 16.7. The number of carbonyl (C=O) groups excluding carboxylic acids is 1. The van der Waals surface area contributed by atoms with E-state index in [9.17, 15) is 9.18 Å². The molecule has 24 heavy (non-hydrogen) atoms. The van der Waals surface area contributed by atoms with Crippen LogP contribution in [0.1, 0.15) is 42.5 Å². The Balaban J connectivity index is 1.58. The van der Waals surface area contributed by atoms with Gasteiger partial charge in [-0.3, -0.25) is 4.79 Å². The predicted octanol–water partition coefficient (Wildman–Crippen LogP) is 2.15. The summed E-state index contributed by atoms with van der Waals surface area (Å²) in [5, 5.41) is 7.43. The van der Waals surface area contributed by atoms with Crippen LogP contribution in [-0.2, 0) is 29.1 Å². The monoisotopic (exact) mass is 332 g/mol. The second kappa shape index (κ2) is 7.53. The minimum absolute atomic E-state index is 0.0333. The highest BCUT2D eigenvalue weighted by molar-refractivity contribution is 5.76. The molecular formula is C17H21FN4O2. The van der Waals surface area contributed by atoms with E-state index >= 15 is 0 Å². The SMILES string of the molecule is COCc1nc2n(n1)CCCC2NC(=O)CCc1ccc(F)cc1. The van der Waals surface area contributed by atoms with Gasteiger partial charge in [-0.15, -0.1) is 0 Å². The van der Waals surface area contributed by atoms with E-state index < -0.39 is 0 Å². The fourth-order valence-corrected chi connectivity index (χ4v) is 2.90. The fourth-order valence-electron chi connectivity index (χ4n) is 2.90. The van der Waals surface area contributed by atoms with Gasteiger partial charge in [-0.25, -0.2) is 14.1 Å². The number of benzene rings is 1. The van der Waals surface area contributed by atoms with Crippen molar-refractivity contribution in [3.63, 3.8) is 0 Å². The van der Waals surface area contributed by atoms with Gasteiger partial charge in [0.15, 0.2) is 5.82 Å². The molecule has 1 aliphatic rings. The molecule has 3 rings (SSSR count). The molecule has 1 N–H and O–H groups in total. The van der Waals surface area contributed by atoms with Crippen LogP contribution in [0, 0.1) is 5.82 Å². The molecule has 7 heteroatoms. The quantitative estimate of drug-likeness (QED) is 0.880. The van der Waals surface area contributed by atoms with Crippen molar-refractivity contribution in [1.82, 2.24) is 20.1 Å². The zero-order chi connectivity index (χ0) is 16.9. The third-order valence-corrected chi connectivity index (χ3v) is 4.08. The van der Waals surface area contributed by atoms with Gasteiger partial charge in [-0.2, -0.15) is 5.10 Å². The lowest BCUT2D eigenvalue weighted by Gasteiger charge is -2.23. The summed E-state index contributed by atoms with van der Waals surface area (Å²) in [6.07, 6.45) is 2.75. The van der Waals surface area contributed by atoms with E-state index in [2.05, 4.69) is 15.4 Å². The van der Waals surface area contributed by atoms with Crippen LogP contribution >= 0.6 is 0 Å². The number of hydrogen-bond donors (Lipinski definition) is 1. The largest absolute Gasteiger partial charge is 0.377 e. The Labute approximate surface area is 140 Å². The third-order valence-electron chi connectivity index (χ3n) is 4.08. The molecule has 1 aromatic heterocycles. The summed E-state index contributed by atoms with van der Waals surface area (Å²) < 4.78 is 19.8. The van der Waals surface area contributed by atoms with E-state index in [1.165, 1.54) is 12.1 Å². The number of halogens is 1. The Morgan fingerprint density at radius 1 is 1.42 bits per heavy atom. The number of rotatable bonds is 6. The Kier molecular flexibility index (Phi) is 5.20. The van der Waals surface area contributed by atoms with Gasteiger partial charge in [0.1, 0.15) is 18.2 Å². The molecule has 1 unspecified atom stereocenters. The summed E-state index contributed by atoms with van der Waals surface area (Å²) in [6, 6.07) is 6.12. The van der Waals surface area contributed by atoms with Gasteiger partial charge in [0.2, 0.25) is 5.91 Å². The summed E-state index contributed by atoms with van der Waals surface area (Å²) in [7, 11) is 1.61. The Bertz CT molecular complexity index is 699. The van der Waals surface area contributed by atoms with E-state index in [0.29, 0.717) is 25.3 Å². The number of nitrogens with zero attached hydrogens (tertiary/aromatic N) is 3. The Hall–Kier alpha value is -2.28. The van der Waals surface area contributed by atoms with E-state index in [-0.39, 0.29) is 17.8 Å². The number of carbonyl (C=O) groups is 1. The molecule has 0 fully saturated rings. The smallest absolute Gasteiger partial charge is 0.220 e. The molecule has 1 aliphatic heterocycles. The summed E-state index contributed by atoms with van der Waals surface area (Å²) >= 11 is 0. The van der Waals surface area contributed by atoms with Crippen molar-refractivity contribution in [1.29, 1.82) is 0 Å². The molecule has 1 amide bonds. The van der Waals surface area contributed by atoms with Crippen LogP contribution in [0.3, 0.4) is 0 Å². The first-order valence-electron chi connectivity index (χ1n) is 8.12. The van der Waals surface area contributed by atoms with E-state index in [1.807, 2.05) is 4.68 Å². The zero-order valence-electron chi connectivity index (χ0n) is 13.7. The van der Waals surface area contributed by atoms with Crippen LogP contribution in [0.4, 0.5) is 4.39 Å². The lowest BCUT2D eigenvalue weighted by Crippen LogP contribution is -2.33. The standard InChI is InChI=1S/C17H21FN4O2/c1-24-11-15-20-17-14(3-2-10-22(17)21-15)19-16(23)9-6-12-4-7-13(18)8-5-12/h4-5,7-8,14H,2-3,6,9-11H2,1H3,(H,19,23). The van der Waals surface area contributed by atoms with Crippen molar-refractivity contribution in [2.24, 2.45) is 0 Å². The summed E-state index contributed by atoms with van der Waals surface area (Å²) in [5.74, 6) is 1.13. The number of amides is 1. The van der Waals surface area contributed by atoms with Crippen LogP contribution in [0.15, 0.2) is 24.3 Å². The molecule has 6 nitrogen and oxygen atoms in total. The lowest BCUT2D eigenvalue weighted by molar-refractivity contribution is -0.122. The minimum atomic E-state index is -0.267. The van der Waals surface area contributed by atoms with Gasteiger partial charge in [0.05, 0.1) is 6.04 Å². The van der Waals surface area contributed by atoms with Crippen molar-refractivity contribution < 1.29 is 13.9 Å². The van der Waals surface area contributed by atoms with Gasteiger partial charge >= 0.3 is 0 Å². The first-order chi connectivity index (χ1) is 11.7. The second-order valence-electron chi connectivity index (χ2n) is 5.93. The molecule has 1 atom stereocenters. The van der Waals surface area contributed by atoms with Gasteiger partial charge in [-0.05, 0) is 37.0 Å². The molecule has 2 aromatic rings. The number of aryl methyl sites for hydroxylation is 2. The molecule has 0 saturated carbocycles. The van der Waals surface area contributed by atoms with E-state index in [0.717, 1.165) is 30.8 Å². The maximum Gasteiger partial charge on any atom is 0.220 e. The number of methoxy groups -OCH3 is 1. The van der Waals surface area contributed by atoms with Crippen LogP contribution in [0.5, 0.6) is 0 Å². The normalized spacial score (nSPS) is 16.7. The average Bonchev–Trinajstić information content (AvgIpc) is 2.98. The highest BCUT2D eigenvalue weighted by atomic mass is 19.1. The highest BCUT2D eigenvalue weighted by Gasteiger charge is 2.25. The third kappa shape index (κ3) is 3.97. The molecule has 0 saturated heterocycles. The van der Waals surface area contributed by atoms with Crippen molar-refractivity contribution in [2.45, 2.75) is 44.9 Å². The van der Waals surface area contributed by atoms with Crippen molar-refractivity contribution >= 4 is 5.91 Å². The molecule has 0 radical (unpaired) electrons. The second-order valence-corrected chi connectivity index (χ2v) is 5.93. The summed E-state index contributed by atoms with van der Waals surface area (Å²) in [6.45, 7) is 1.18. The van der Waals surface area contributed by atoms with Crippen LogP contribution in [0.25, 0.3) is 0 Å². The number of nitrogens with one attached hydrogen (secondary N) is 1. The molecule has 0 spiro atoms. The molecule has 0 bridgehead atoms. The molecule has 2 heterocycles. The maximum absolute atomic E-state index is 12.9. The maximum atomic E-state index is 12.9. The topological polar surface area (TPSA) is 69.0 Å². The number of hydrogen-bond acceptors (Lipinski definition) is 4. The van der Waals surface area contributed by atoms with Crippen molar-refractivity contribution in [3.05, 3.63) is 47.3 Å². The van der Waals surface area contributed by atoms with E-state index in [4.69, 9.17) is 4.74 Å². The summed E-state index contributed by atoms with van der Waals surface area (Å²) in [5.41, 5.74) is 0.945. The van der Waals surface area contributed by atoms with E-state index in [1.54, 1.807) is 19.2 Å². The van der Waals surface area contributed by atoms with Crippen LogP contribution in [-0.4, -0.2) is 27.8 Å².